The van der Waals surface area contributed by atoms with Crippen molar-refractivity contribution in [1.29, 1.82) is 0 Å². The van der Waals surface area contributed by atoms with Crippen LogP contribution in [0.1, 0.15) is 46.5 Å². The molecule has 1 aliphatic heterocycles. The highest BCUT2D eigenvalue weighted by molar-refractivity contribution is 5.07. The van der Waals surface area contributed by atoms with Crippen molar-refractivity contribution in [2.24, 2.45) is 5.41 Å². The molecule has 0 aromatic carbocycles. The highest BCUT2D eigenvalue weighted by atomic mass is 19.1. The van der Waals surface area contributed by atoms with Crippen molar-refractivity contribution in [3.63, 3.8) is 0 Å². The second kappa shape index (κ2) is 3.19. The van der Waals surface area contributed by atoms with Crippen LogP contribution in [0.5, 0.6) is 0 Å². The van der Waals surface area contributed by atoms with E-state index in [1.54, 1.807) is 0 Å². The molecule has 0 amide bonds. The van der Waals surface area contributed by atoms with Crippen molar-refractivity contribution in [3.05, 3.63) is 0 Å². The predicted molar refractivity (Wildman–Crippen MR) is 57.1 cm³/mol. The van der Waals surface area contributed by atoms with Gasteiger partial charge in [-0.15, -0.1) is 0 Å². The van der Waals surface area contributed by atoms with Crippen molar-refractivity contribution < 1.29 is 4.39 Å². The summed E-state index contributed by atoms with van der Waals surface area (Å²) in [7, 11) is 0. The van der Waals surface area contributed by atoms with Crippen molar-refractivity contribution in [1.82, 2.24) is 4.90 Å². The Morgan fingerprint density at radius 2 is 2.00 bits per heavy atom. The van der Waals surface area contributed by atoms with Crippen LogP contribution in [0.25, 0.3) is 0 Å². The van der Waals surface area contributed by atoms with Crippen LogP contribution in [0.15, 0.2) is 0 Å². The minimum Gasteiger partial charge on any atom is -0.295 e. The van der Waals surface area contributed by atoms with E-state index in [0.717, 1.165) is 13.0 Å². The Morgan fingerprint density at radius 1 is 1.36 bits per heavy atom. The molecule has 0 aromatic rings. The molecule has 1 saturated heterocycles. The van der Waals surface area contributed by atoms with Gasteiger partial charge in [0, 0.05) is 18.6 Å². The van der Waals surface area contributed by atoms with Gasteiger partial charge >= 0.3 is 0 Å². The molecule has 1 nitrogen and oxygen atoms in total. The number of nitrogens with zero attached hydrogens (tertiary/aromatic N) is 1. The van der Waals surface area contributed by atoms with E-state index in [1.807, 2.05) is 0 Å². The van der Waals surface area contributed by atoms with Gasteiger partial charge in [0.1, 0.15) is 6.17 Å². The molecular formula is C12H22FN. The van der Waals surface area contributed by atoms with Crippen LogP contribution in [0.3, 0.4) is 0 Å². The number of rotatable bonds is 2. The lowest BCUT2D eigenvalue weighted by Gasteiger charge is -2.33. The first-order valence-electron chi connectivity index (χ1n) is 5.80. The van der Waals surface area contributed by atoms with Crippen molar-refractivity contribution in [3.8, 4) is 0 Å². The van der Waals surface area contributed by atoms with E-state index in [9.17, 15) is 4.39 Å². The summed E-state index contributed by atoms with van der Waals surface area (Å²) in [6.07, 6.45) is 4.00. The maximum atomic E-state index is 13.1. The largest absolute Gasteiger partial charge is 0.295 e. The summed E-state index contributed by atoms with van der Waals surface area (Å²) in [6, 6.07) is 0. The molecule has 0 radical (unpaired) electrons. The summed E-state index contributed by atoms with van der Waals surface area (Å²) in [4.78, 5) is 2.41. The van der Waals surface area contributed by atoms with Crippen LogP contribution < -0.4 is 0 Å². The zero-order valence-corrected chi connectivity index (χ0v) is 9.65. The Hall–Kier alpha value is -0.110. The number of hydrogen-bond acceptors (Lipinski definition) is 1. The fraction of sp³-hybridized carbons (Fsp3) is 1.00. The number of hydrogen-bond donors (Lipinski definition) is 0. The number of alkyl halides is 1. The lowest BCUT2D eigenvalue weighted by atomic mass is 9.86. The zero-order chi connectivity index (χ0) is 10.4. The minimum atomic E-state index is -0.563. The highest BCUT2D eigenvalue weighted by Gasteiger charge is 2.51. The first kappa shape index (κ1) is 10.4. The summed E-state index contributed by atoms with van der Waals surface area (Å²) >= 11 is 0. The molecule has 2 heteroatoms. The average Bonchev–Trinajstić information content (AvgIpc) is 2.62. The Morgan fingerprint density at radius 3 is 2.36 bits per heavy atom. The summed E-state index contributed by atoms with van der Waals surface area (Å²) in [6.45, 7) is 8.54. The second-order valence-electron chi connectivity index (χ2n) is 6.29. The molecule has 82 valence electrons. The molecule has 0 unspecified atom stereocenters. The highest BCUT2D eigenvalue weighted by Crippen LogP contribution is 2.50. The van der Waals surface area contributed by atoms with Gasteiger partial charge in [-0.3, -0.25) is 4.90 Å². The van der Waals surface area contributed by atoms with Gasteiger partial charge in [0.05, 0.1) is 0 Å². The second-order valence-corrected chi connectivity index (χ2v) is 6.29. The van der Waals surface area contributed by atoms with Crippen LogP contribution >= 0.6 is 0 Å². The van der Waals surface area contributed by atoms with Gasteiger partial charge in [-0.1, -0.05) is 20.8 Å². The Labute approximate surface area is 86.7 Å². The fourth-order valence-corrected chi connectivity index (χ4v) is 2.88. The van der Waals surface area contributed by atoms with E-state index < -0.39 is 6.17 Å². The molecule has 0 spiro atoms. The maximum absolute atomic E-state index is 13.1. The molecule has 2 rings (SSSR count). The molecule has 2 aliphatic rings. The molecule has 2 fully saturated rings. The molecule has 1 saturated carbocycles. The van der Waals surface area contributed by atoms with Crippen LogP contribution in [0, 0.1) is 5.41 Å². The van der Waals surface area contributed by atoms with Crippen molar-refractivity contribution in [2.45, 2.75) is 58.2 Å². The van der Waals surface area contributed by atoms with Crippen LogP contribution in [-0.2, 0) is 0 Å². The molecule has 0 bridgehead atoms. The van der Waals surface area contributed by atoms with Gasteiger partial charge in [0.2, 0.25) is 0 Å². The van der Waals surface area contributed by atoms with Gasteiger partial charge < -0.3 is 0 Å². The SMILES string of the molecule is CC(C)(C)CC1(N2CC[C@H](F)C2)CC1. The molecule has 14 heavy (non-hydrogen) atoms. The monoisotopic (exact) mass is 199 g/mol. The van der Waals surface area contributed by atoms with E-state index >= 15 is 0 Å². The first-order valence-corrected chi connectivity index (χ1v) is 5.80. The van der Waals surface area contributed by atoms with Crippen LogP contribution in [0.2, 0.25) is 0 Å². The minimum absolute atomic E-state index is 0.380. The van der Waals surface area contributed by atoms with E-state index in [1.165, 1.54) is 19.3 Å². The lowest BCUT2D eigenvalue weighted by molar-refractivity contribution is 0.148. The van der Waals surface area contributed by atoms with Gasteiger partial charge in [-0.05, 0) is 31.1 Å². The molecule has 1 atom stereocenters. The maximum Gasteiger partial charge on any atom is 0.114 e. The molecule has 0 N–H and O–H groups in total. The van der Waals surface area contributed by atoms with Gasteiger partial charge in [-0.2, -0.15) is 0 Å². The predicted octanol–water partition coefficient (Wildman–Crippen LogP) is 3.00. The average molecular weight is 199 g/mol. The van der Waals surface area contributed by atoms with Crippen molar-refractivity contribution in [2.75, 3.05) is 13.1 Å². The standard InChI is InChI=1S/C12H22FN/c1-11(2,3)9-12(5-6-12)14-7-4-10(13)8-14/h10H,4-9H2,1-3H3/t10-/m0/s1. The third-order valence-corrected chi connectivity index (χ3v) is 3.49. The Bertz CT molecular complexity index is 215. The van der Waals surface area contributed by atoms with E-state index in [2.05, 4.69) is 25.7 Å². The summed E-state index contributed by atoms with van der Waals surface area (Å²) < 4.78 is 13.1. The number of halogens is 1. The summed E-state index contributed by atoms with van der Waals surface area (Å²) in [5, 5.41) is 0. The van der Waals surface area contributed by atoms with Crippen LogP contribution in [-0.4, -0.2) is 29.7 Å². The first-order chi connectivity index (χ1) is 6.41. The van der Waals surface area contributed by atoms with Gasteiger partial charge in [-0.25, -0.2) is 4.39 Å². The third-order valence-electron chi connectivity index (χ3n) is 3.49. The normalized spacial score (nSPS) is 32.1. The van der Waals surface area contributed by atoms with E-state index in [-0.39, 0.29) is 0 Å². The lowest BCUT2D eigenvalue weighted by Crippen LogP contribution is -2.38. The zero-order valence-electron chi connectivity index (χ0n) is 9.65. The molecule has 0 aromatic heterocycles. The smallest absolute Gasteiger partial charge is 0.114 e. The molecule has 1 aliphatic carbocycles. The topological polar surface area (TPSA) is 3.24 Å². The summed E-state index contributed by atoms with van der Waals surface area (Å²) in [5.41, 5.74) is 0.768. The Balaban J connectivity index is 1.96. The van der Waals surface area contributed by atoms with Gasteiger partial charge in [0.15, 0.2) is 0 Å². The van der Waals surface area contributed by atoms with Gasteiger partial charge in [0.25, 0.3) is 0 Å². The third kappa shape index (κ3) is 2.10. The molecule has 1 heterocycles. The Kier molecular flexibility index (Phi) is 2.37. The van der Waals surface area contributed by atoms with Crippen molar-refractivity contribution >= 4 is 0 Å². The number of likely N-dealkylation sites (tertiary alicyclic amines) is 1. The molecular weight excluding hydrogens is 177 g/mol. The summed E-state index contributed by atoms with van der Waals surface area (Å²) in [5.74, 6) is 0. The van der Waals surface area contributed by atoms with Crippen LogP contribution in [0.4, 0.5) is 4.39 Å². The fourth-order valence-electron chi connectivity index (χ4n) is 2.88. The van der Waals surface area contributed by atoms with E-state index in [0.29, 0.717) is 17.5 Å². The quantitative estimate of drug-likeness (QED) is 0.661. The van der Waals surface area contributed by atoms with E-state index in [4.69, 9.17) is 0 Å².